The lowest BCUT2D eigenvalue weighted by Crippen LogP contribution is -2.42. The van der Waals surface area contributed by atoms with Gasteiger partial charge in [-0.1, -0.05) is 65.2 Å². The second kappa shape index (κ2) is 5.78. The van der Waals surface area contributed by atoms with E-state index < -0.39 is 0 Å². The number of fused-ring (bicyclic) bond motifs is 1. The van der Waals surface area contributed by atoms with Crippen LogP contribution in [-0.4, -0.2) is 0 Å². The number of hydrogen-bond donors (Lipinski definition) is 0. The van der Waals surface area contributed by atoms with Crippen LogP contribution in [0.25, 0.3) is 0 Å². The zero-order chi connectivity index (χ0) is 13.3. The molecule has 0 aromatic heterocycles. The van der Waals surface area contributed by atoms with Gasteiger partial charge in [0.15, 0.2) is 0 Å². The Hall–Kier alpha value is 0. The van der Waals surface area contributed by atoms with Crippen LogP contribution in [0.3, 0.4) is 0 Å². The third-order valence-electron chi connectivity index (χ3n) is 7.47. The summed E-state index contributed by atoms with van der Waals surface area (Å²) in [4.78, 5) is 0. The predicted octanol–water partition coefficient (Wildman–Crippen LogP) is 6.20. The molecule has 3 saturated carbocycles. The molecule has 0 heterocycles. The lowest BCUT2D eigenvalue weighted by atomic mass is 9.54. The first kappa shape index (κ1) is 14.0. The molecule has 0 aromatic rings. The van der Waals surface area contributed by atoms with Gasteiger partial charge in [-0.2, -0.15) is 0 Å². The van der Waals surface area contributed by atoms with Crippen molar-refractivity contribution in [1.82, 2.24) is 0 Å². The Morgan fingerprint density at radius 3 is 2.16 bits per heavy atom. The Balaban J connectivity index is 1.79. The van der Waals surface area contributed by atoms with Crippen molar-refractivity contribution in [2.45, 2.75) is 90.9 Å². The minimum absolute atomic E-state index is 0.675. The van der Waals surface area contributed by atoms with Crippen LogP contribution < -0.4 is 0 Å². The number of rotatable bonds is 3. The summed E-state index contributed by atoms with van der Waals surface area (Å²) < 4.78 is 0. The van der Waals surface area contributed by atoms with Crippen LogP contribution in [-0.2, 0) is 0 Å². The molecule has 0 saturated heterocycles. The van der Waals surface area contributed by atoms with Crippen molar-refractivity contribution < 1.29 is 0 Å². The van der Waals surface area contributed by atoms with Crippen LogP contribution in [0.5, 0.6) is 0 Å². The maximum absolute atomic E-state index is 2.69. The van der Waals surface area contributed by atoms with E-state index in [2.05, 4.69) is 13.8 Å². The van der Waals surface area contributed by atoms with E-state index in [9.17, 15) is 0 Å². The highest BCUT2D eigenvalue weighted by Crippen LogP contribution is 2.57. The van der Waals surface area contributed by atoms with Crippen LogP contribution in [0.4, 0.5) is 0 Å². The van der Waals surface area contributed by atoms with Gasteiger partial charge in [0.1, 0.15) is 0 Å². The minimum atomic E-state index is 0.675. The molecule has 4 atom stereocenters. The molecule has 0 radical (unpaired) electrons. The predicted molar refractivity (Wildman–Crippen MR) is 83.1 cm³/mol. The van der Waals surface area contributed by atoms with E-state index in [0.717, 1.165) is 23.7 Å². The largest absolute Gasteiger partial charge is 0.0648 e. The fourth-order valence-corrected chi connectivity index (χ4v) is 6.20. The molecule has 0 amide bonds. The minimum Gasteiger partial charge on any atom is -0.0648 e. The molecular formula is C19H34. The van der Waals surface area contributed by atoms with E-state index in [4.69, 9.17) is 0 Å². The summed E-state index contributed by atoms with van der Waals surface area (Å²) in [5.74, 6) is 4.35. The van der Waals surface area contributed by atoms with Crippen molar-refractivity contribution in [3.8, 4) is 0 Å². The SMILES string of the molecule is CCC(C)(C1CCCCC1)C1CCCC2CCCC21. The average Bonchev–Trinajstić information content (AvgIpc) is 2.95. The molecular weight excluding hydrogens is 228 g/mol. The summed E-state index contributed by atoms with van der Waals surface area (Å²) in [5.41, 5.74) is 0.675. The van der Waals surface area contributed by atoms with E-state index in [-0.39, 0.29) is 0 Å². The first-order valence-corrected chi connectivity index (χ1v) is 9.25. The molecule has 0 N–H and O–H groups in total. The van der Waals surface area contributed by atoms with Gasteiger partial charge in [-0.3, -0.25) is 0 Å². The summed E-state index contributed by atoms with van der Waals surface area (Å²) in [6.45, 7) is 5.18. The van der Waals surface area contributed by atoms with E-state index in [1.165, 1.54) is 51.4 Å². The fourth-order valence-electron chi connectivity index (χ4n) is 6.20. The lowest BCUT2D eigenvalue weighted by Gasteiger charge is -2.51. The molecule has 3 rings (SSSR count). The lowest BCUT2D eigenvalue weighted by molar-refractivity contribution is -0.0117. The third kappa shape index (κ3) is 2.49. The Morgan fingerprint density at radius 2 is 1.47 bits per heavy atom. The highest BCUT2D eigenvalue weighted by molar-refractivity contribution is 4.97. The maximum Gasteiger partial charge on any atom is -0.0269 e. The summed E-state index contributed by atoms with van der Waals surface area (Å²) in [6, 6.07) is 0. The molecule has 3 aliphatic rings. The van der Waals surface area contributed by atoms with E-state index in [0.29, 0.717) is 5.41 Å². The Labute approximate surface area is 120 Å². The quantitative estimate of drug-likeness (QED) is 0.568. The normalized spacial score (nSPS) is 39.8. The van der Waals surface area contributed by atoms with Crippen LogP contribution in [0.1, 0.15) is 90.9 Å². The number of hydrogen-bond acceptors (Lipinski definition) is 0. The van der Waals surface area contributed by atoms with Gasteiger partial charge in [-0.05, 0) is 54.8 Å². The molecule has 0 aromatic carbocycles. The summed E-state index contributed by atoms with van der Waals surface area (Å²) in [6.07, 6.45) is 18.4. The molecule has 0 bridgehead atoms. The fraction of sp³-hybridized carbons (Fsp3) is 1.00. The van der Waals surface area contributed by atoms with Gasteiger partial charge in [-0.15, -0.1) is 0 Å². The molecule has 0 nitrogen and oxygen atoms in total. The first-order chi connectivity index (χ1) is 9.25. The second-order valence-electron chi connectivity index (χ2n) is 8.09. The first-order valence-electron chi connectivity index (χ1n) is 9.25. The van der Waals surface area contributed by atoms with Crippen molar-refractivity contribution in [2.75, 3.05) is 0 Å². The summed E-state index contributed by atoms with van der Waals surface area (Å²) in [7, 11) is 0. The Kier molecular flexibility index (Phi) is 4.25. The van der Waals surface area contributed by atoms with Gasteiger partial charge in [0.2, 0.25) is 0 Å². The molecule has 110 valence electrons. The van der Waals surface area contributed by atoms with Gasteiger partial charge in [0, 0.05) is 0 Å². The molecule has 3 fully saturated rings. The van der Waals surface area contributed by atoms with Gasteiger partial charge < -0.3 is 0 Å². The highest BCUT2D eigenvalue weighted by atomic mass is 14.5. The molecule has 3 aliphatic carbocycles. The zero-order valence-corrected chi connectivity index (χ0v) is 13.3. The summed E-state index contributed by atoms with van der Waals surface area (Å²) in [5, 5.41) is 0. The van der Waals surface area contributed by atoms with Gasteiger partial charge in [0.05, 0.1) is 0 Å². The topological polar surface area (TPSA) is 0 Å². The van der Waals surface area contributed by atoms with Crippen LogP contribution in [0.2, 0.25) is 0 Å². The van der Waals surface area contributed by atoms with Crippen molar-refractivity contribution in [3.05, 3.63) is 0 Å². The average molecular weight is 262 g/mol. The Bertz CT molecular complexity index is 288. The summed E-state index contributed by atoms with van der Waals surface area (Å²) >= 11 is 0. The second-order valence-corrected chi connectivity index (χ2v) is 8.09. The van der Waals surface area contributed by atoms with Crippen LogP contribution in [0.15, 0.2) is 0 Å². The Morgan fingerprint density at radius 1 is 0.789 bits per heavy atom. The standard InChI is InChI=1S/C19H34/c1-3-19(2,16-11-5-4-6-12-16)18-14-8-10-15-9-7-13-17(15)18/h15-18H,3-14H2,1-2H3. The van der Waals surface area contributed by atoms with Gasteiger partial charge >= 0.3 is 0 Å². The molecule has 0 heteroatoms. The molecule has 0 spiro atoms. The van der Waals surface area contributed by atoms with Gasteiger partial charge in [-0.25, -0.2) is 0 Å². The van der Waals surface area contributed by atoms with Crippen LogP contribution in [0, 0.1) is 29.1 Å². The van der Waals surface area contributed by atoms with Crippen molar-refractivity contribution in [2.24, 2.45) is 29.1 Å². The maximum atomic E-state index is 2.69. The molecule has 4 unspecified atom stereocenters. The van der Waals surface area contributed by atoms with Crippen LogP contribution >= 0.6 is 0 Å². The zero-order valence-electron chi connectivity index (χ0n) is 13.3. The smallest absolute Gasteiger partial charge is 0.0269 e. The van der Waals surface area contributed by atoms with Crippen molar-refractivity contribution >= 4 is 0 Å². The van der Waals surface area contributed by atoms with Crippen molar-refractivity contribution in [1.29, 1.82) is 0 Å². The van der Waals surface area contributed by atoms with E-state index in [1.807, 2.05) is 0 Å². The third-order valence-corrected chi connectivity index (χ3v) is 7.47. The van der Waals surface area contributed by atoms with E-state index in [1.54, 1.807) is 25.7 Å². The monoisotopic (exact) mass is 262 g/mol. The van der Waals surface area contributed by atoms with Gasteiger partial charge in [0.25, 0.3) is 0 Å². The van der Waals surface area contributed by atoms with Crippen molar-refractivity contribution in [3.63, 3.8) is 0 Å². The molecule has 19 heavy (non-hydrogen) atoms. The molecule has 0 aliphatic heterocycles. The van der Waals surface area contributed by atoms with E-state index >= 15 is 0 Å². The highest BCUT2D eigenvalue weighted by Gasteiger charge is 2.47.